The first kappa shape index (κ1) is 16.1. The van der Waals surface area contributed by atoms with Crippen molar-refractivity contribution in [3.63, 3.8) is 0 Å². The maximum atomic E-state index is 4.59. The van der Waals surface area contributed by atoms with Gasteiger partial charge in [0.2, 0.25) is 0 Å². The van der Waals surface area contributed by atoms with Crippen LogP contribution in [0.1, 0.15) is 38.6 Å². The van der Waals surface area contributed by atoms with E-state index >= 15 is 0 Å². The lowest BCUT2D eigenvalue weighted by atomic mass is 10.1. The molecule has 0 saturated carbocycles. The van der Waals surface area contributed by atoms with Gasteiger partial charge in [0.05, 0.1) is 5.69 Å². The van der Waals surface area contributed by atoms with Crippen LogP contribution < -0.4 is 5.32 Å². The van der Waals surface area contributed by atoms with Crippen molar-refractivity contribution in [3.8, 4) is 0 Å². The molecule has 1 rings (SSSR count). The molecule has 0 fully saturated rings. The lowest BCUT2D eigenvalue weighted by Gasteiger charge is -2.24. The Kier molecular flexibility index (Phi) is 7.68. The van der Waals surface area contributed by atoms with Crippen molar-refractivity contribution in [2.45, 2.75) is 40.7 Å². The van der Waals surface area contributed by atoms with E-state index in [1.54, 1.807) is 0 Å². The number of nitrogens with one attached hydrogen (secondary N) is 1. The van der Waals surface area contributed by atoms with Gasteiger partial charge in [-0.25, -0.2) is 0 Å². The highest BCUT2D eigenvalue weighted by molar-refractivity contribution is 5.09. The molecule has 0 aliphatic rings. The first-order valence-corrected chi connectivity index (χ1v) is 7.51. The largest absolute Gasteiger partial charge is 0.316 e. The van der Waals surface area contributed by atoms with Crippen LogP contribution in [0.5, 0.6) is 0 Å². The summed E-state index contributed by atoms with van der Waals surface area (Å²) >= 11 is 0. The number of aromatic nitrogens is 1. The van der Waals surface area contributed by atoms with Crippen LogP contribution in [-0.2, 0) is 6.54 Å². The number of nitrogens with zero attached hydrogens (tertiary/aromatic N) is 2. The van der Waals surface area contributed by atoms with E-state index in [2.05, 4.69) is 61.1 Å². The molecule has 108 valence electrons. The highest BCUT2D eigenvalue weighted by Gasteiger charge is 2.09. The van der Waals surface area contributed by atoms with Crippen molar-refractivity contribution in [2.24, 2.45) is 5.92 Å². The molecule has 1 atom stereocenters. The van der Waals surface area contributed by atoms with Crippen molar-refractivity contribution in [3.05, 3.63) is 29.6 Å². The number of aryl methyl sites for hydroxylation is 1. The molecule has 0 bridgehead atoms. The lowest BCUT2D eigenvalue weighted by molar-refractivity contribution is 0.235. The van der Waals surface area contributed by atoms with E-state index in [1.807, 2.05) is 0 Å². The Morgan fingerprint density at radius 1 is 1.32 bits per heavy atom. The Labute approximate surface area is 118 Å². The van der Waals surface area contributed by atoms with E-state index in [0.29, 0.717) is 5.92 Å². The molecule has 3 nitrogen and oxygen atoms in total. The van der Waals surface area contributed by atoms with Gasteiger partial charge in [0.25, 0.3) is 0 Å². The minimum absolute atomic E-state index is 0.677. The Hall–Kier alpha value is -0.930. The van der Waals surface area contributed by atoms with Crippen molar-refractivity contribution < 1.29 is 0 Å². The van der Waals surface area contributed by atoms with Gasteiger partial charge in [-0.15, -0.1) is 0 Å². The predicted octanol–water partition coefficient (Wildman–Crippen LogP) is 2.85. The Morgan fingerprint density at radius 3 is 2.74 bits per heavy atom. The minimum Gasteiger partial charge on any atom is -0.316 e. The fraction of sp³-hybridized carbons (Fsp3) is 0.688. The number of hydrogen-bond donors (Lipinski definition) is 1. The predicted molar refractivity (Wildman–Crippen MR) is 82.2 cm³/mol. The van der Waals surface area contributed by atoms with Crippen molar-refractivity contribution >= 4 is 0 Å². The second-order valence-electron chi connectivity index (χ2n) is 5.41. The zero-order valence-corrected chi connectivity index (χ0v) is 12.9. The van der Waals surface area contributed by atoms with Crippen LogP contribution in [0.4, 0.5) is 0 Å². The van der Waals surface area contributed by atoms with Gasteiger partial charge in [0.1, 0.15) is 0 Å². The van der Waals surface area contributed by atoms with Gasteiger partial charge in [-0.3, -0.25) is 9.88 Å². The van der Waals surface area contributed by atoms with Gasteiger partial charge in [0, 0.05) is 18.8 Å². The van der Waals surface area contributed by atoms with Crippen molar-refractivity contribution in [2.75, 3.05) is 26.2 Å². The lowest BCUT2D eigenvalue weighted by Crippen LogP contribution is -2.33. The molecule has 3 heteroatoms. The summed E-state index contributed by atoms with van der Waals surface area (Å²) in [6.07, 6.45) is 1.21. The van der Waals surface area contributed by atoms with Crippen LogP contribution in [0, 0.1) is 12.8 Å². The molecule has 1 heterocycles. The maximum Gasteiger partial charge on any atom is 0.0547 e. The third-order valence-electron chi connectivity index (χ3n) is 3.27. The summed E-state index contributed by atoms with van der Waals surface area (Å²) in [5.74, 6) is 0.677. The van der Waals surface area contributed by atoms with Crippen LogP contribution in [0.15, 0.2) is 18.2 Å². The second-order valence-corrected chi connectivity index (χ2v) is 5.41. The number of rotatable bonds is 9. The van der Waals surface area contributed by atoms with Crippen molar-refractivity contribution in [1.29, 1.82) is 0 Å². The van der Waals surface area contributed by atoms with E-state index in [4.69, 9.17) is 0 Å². The summed E-state index contributed by atoms with van der Waals surface area (Å²) < 4.78 is 0. The van der Waals surface area contributed by atoms with Crippen LogP contribution in [0.3, 0.4) is 0 Å². The Morgan fingerprint density at radius 2 is 2.11 bits per heavy atom. The topological polar surface area (TPSA) is 28.2 Å². The molecule has 1 unspecified atom stereocenters. The summed E-state index contributed by atoms with van der Waals surface area (Å²) in [5, 5.41) is 3.49. The van der Waals surface area contributed by atoms with Gasteiger partial charge in [-0.2, -0.15) is 0 Å². The molecule has 19 heavy (non-hydrogen) atoms. The van der Waals surface area contributed by atoms with Gasteiger partial charge < -0.3 is 5.32 Å². The molecule has 1 aromatic rings. The SMILES string of the molecule is CCCNCC(C)CN(CC)Cc1cccc(C)n1. The first-order chi connectivity index (χ1) is 9.15. The molecular weight excluding hydrogens is 234 g/mol. The number of hydrogen-bond acceptors (Lipinski definition) is 3. The summed E-state index contributed by atoms with van der Waals surface area (Å²) in [7, 11) is 0. The van der Waals surface area contributed by atoms with Crippen molar-refractivity contribution in [1.82, 2.24) is 15.2 Å². The molecule has 1 aromatic heterocycles. The zero-order chi connectivity index (χ0) is 14.1. The molecule has 0 amide bonds. The quantitative estimate of drug-likeness (QED) is 0.694. The van der Waals surface area contributed by atoms with Crippen LogP contribution in [-0.4, -0.2) is 36.1 Å². The monoisotopic (exact) mass is 263 g/mol. The summed E-state index contributed by atoms with van der Waals surface area (Å²) in [6, 6.07) is 6.27. The van der Waals surface area contributed by atoms with Crippen LogP contribution >= 0.6 is 0 Å². The number of pyridine rings is 1. The van der Waals surface area contributed by atoms with Crippen LogP contribution in [0.25, 0.3) is 0 Å². The smallest absolute Gasteiger partial charge is 0.0547 e. The fourth-order valence-electron chi connectivity index (χ4n) is 2.25. The molecule has 0 saturated heterocycles. The van der Waals surface area contributed by atoms with E-state index in [1.165, 1.54) is 12.1 Å². The highest BCUT2D eigenvalue weighted by atomic mass is 15.1. The fourth-order valence-corrected chi connectivity index (χ4v) is 2.25. The molecule has 1 N–H and O–H groups in total. The van der Waals surface area contributed by atoms with E-state index in [9.17, 15) is 0 Å². The Bertz CT molecular complexity index is 352. The van der Waals surface area contributed by atoms with E-state index in [-0.39, 0.29) is 0 Å². The zero-order valence-electron chi connectivity index (χ0n) is 12.9. The van der Waals surface area contributed by atoms with E-state index < -0.39 is 0 Å². The standard InChI is InChI=1S/C16H29N3/c1-5-10-17-11-14(3)12-19(6-2)13-16-9-7-8-15(4)18-16/h7-9,14,17H,5-6,10-13H2,1-4H3. The normalized spacial score (nSPS) is 12.9. The van der Waals surface area contributed by atoms with Crippen LogP contribution in [0.2, 0.25) is 0 Å². The third-order valence-corrected chi connectivity index (χ3v) is 3.27. The average Bonchev–Trinajstić information content (AvgIpc) is 2.38. The van der Waals surface area contributed by atoms with E-state index in [0.717, 1.165) is 38.4 Å². The van der Waals surface area contributed by atoms with Gasteiger partial charge >= 0.3 is 0 Å². The van der Waals surface area contributed by atoms with Gasteiger partial charge in [0.15, 0.2) is 0 Å². The molecule has 0 aliphatic carbocycles. The first-order valence-electron chi connectivity index (χ1n) is 7.51. The Balaban J connectivity index is 2.40. The third kappa shape index (κ3) is 6.69. The van der Waals surface area contributed by atoms with Gasteiger partial charge in [-0.05, 0) is 51.0 Å². The molecule has 0 aromatic carbocycles. The summed E-state index contributed by atoms with van der Waals surface area (Å²) in [4.78, 5) is 7.06. The minimum atomic E-state index is 0.677. The molecule has 0 aliphatic heterocycles. The van der Waals surface area contributed by atoms with Gasteiger partial charge in [-0.1, -0.05) is 26.8 Å². The molecular formula is C16H29N3. The highest BCUT2D eigenvalue weighted by Crippen LogP contribution is 2.06. The maximum absolute atomic E-state index is 4.59. The molecule has 0 radical (unpaired) electrons. The summed E-state index contributed by atoms with van der Waals surface area (Å²) in [6.45, 7) is 14.2. The molecule has 0 spiro atoms. The summed E-state index contributed by atoms with van der Waals surface area (Å²) in [5.41, 5.74) is 2.28. The second kappa shape index (κ2) is 9.05. The average molecular weight is 263 g/mol.